The zero-order valence-electron chi connectivity index (χ0n) is 6.94. The molecule has 1 rings (SSSR count). The predicted octanol–water partition coefficient (Wildman–Crippen LogP) is 2.87. The van der Waals surface area contributed by atoms with Crippen molar-refractivity contribution in [1.29, 1.82) is 0 Å². The Kier molecular flexibility index (Phi) is 2.02. The van der Waals surface area contributed by atoms with E-state index in [1.165, 1.54) is 25.7 Å². The molecule has 1 aliphatic rings. The molecule has 0 radical (unpaired) electrons. The molecule has 0 spiro atoms. The van der Waals surface area contributed by atoms with Gasteiger partial charge in [0.25, 0.3) is 0 Å². The molecule has 1 saturated carbocycles. The van der Waals surface area contributed by atoms with E-state index in [0.717, 1.165) is 5.76 Å². The summed E-state index contributed by atoms with van der Waals surface area (Å²) in [5, 5.41) is 0. The molecule has 0 saturated heterocycles. The van der Waals surface area contributed by atoms with Crippen molar-refractivity contribution in [2.45, 2.75) is 45.1 Å². The average molecular weight is 140 g/mol. The van der Waals surface area contributed by atoms with E-state index in [0.29, 0.717) is 0 Å². The van der Waals surface area contributed by atoms with Crippen LogP contribution in [0.25, 0.3) is 0 Å². The Morgan fingerprint density at radius 2 is 1.90 bits per heavy atom. The maximum absolute atomic E-state index is 5.60. The van der Waals surface area contributed by atoms with Gasteiger partial charge in [-0.3, -0.25) is 0 Å². The number of hydrogen-bond acceptors (Lipinski definition) is 1. The highest BCUT2D eigenvalue weighted by molar-refractivity contribution is 4.88. The van der Waals surface area contributed by atoms with Gasteiger partial charge in [0.05, 0.1) is 5.76 Å². The number of hydrogen-bond donors (Lipinski definition) is 0. The molecule has 1 fully saturated rings. The van der Waals surface area contributed by atoms with Crippen molar-refractivity contribution >= 4 is 0 Å². The van der Waals surface area contributed by atoms with Crippen LogP contribution in [0.3, 0.4) is 0 Å². The first-order chi connectivity index (χ1) is 4.62. The maximum Gasteiger partial charge on any atom is 0.106 e. The van der Waals surface area contributed by atoms with E-state index in [1.807, 2.05) is 6.92 Å². The van der Waals surface area contributed by atoms with E-state index in [1.54, 1.807) is 0 Å². The molecule has 10 heavy (non-hydrogen) atoms. The van der Waals surface area contributed by atoms with Crippen molar-refractivity contribution in [1.82, 2.24) is 0 Å². The average Bonchev–Trinajstić information content (AvgIpc) is 2.12. The van der Waals surface area contributed by atoms with Crippen LogP contribution in [0.1, 0.15) is 39.5 Å². The SMILES string of the molecule is C=C(C)OC1(C)CCCC1. The molecule has 0 aromatic carbocycles. The second kappa shape index (κ2) is 2.65. The molecular weight excluding hydrogens is 124 g/mol. The Bertz CT molecular complexity index is 132. The topological polar surface area (TPSA) is 9.23 Å². The lowest BCUT2D eigenvalue weighted by molar-refractivity contribution is 0.0264. The van der Waals surface area contributed by atoms with Crippen LogP contribution in [0, 0.1) is 0 Å². The van der Waals surface area contributed by atoms with Crippen molar-refractivity contribution < 1.29 is 4.74 Å². The fourth-order valence-corrected chi connectivity index (χ4v) is 1.65. The van der Waals surface area contributed by atoms with Crippen LogP contribution in [0.2, 0.25) is 0 Å². The molecule has 1 aliphatic carbocycles. The fraction of sp³-hybridized carbons (Fsp3) is 0.778. The summed E-state index contributed by atoms with van der Waals surface area (Å²) in [6, 6.07) is 0. The fourth-order valence-electron chi connectivity index (χ4n) is 1.65. The second-order valence-corrected chi connectivity index (χ2v) is 3.46. The summed E-state index contributed by atoms with van der Waals surface area (Å²) in [6.45, 7) is 7.84. The van der Waals surface area contributed by atoms with E-state index < -0.39 is 0 Å². The van der Waals surface area contributed by atoms with Gasteiger partial charge in [-0.05, 0) is 39.5 Å². The van der Waals surface area contributed by atoms with Gasteiger partial charge in [0.1, 0.15) is 5.60 Å². The molecule has 0 N–H and O–H groups in total. The van der Waals surface area contributed by atoms with Gasteiger partial charge < -0.3 is 4.74 Å². The third-order valence-electron chi connectivity index (χ3n) is 2.08. The van der Waals surface area contributed by atoms with Gasteiger partial charge in [0.15, 0.2) is 0 Å². The van der Waals surface area contributed by atoms with Crippen LogP contribution in [-0.2, 0) is 4.74 Å². The summed E-state index contributed by atoms with van der Waals surface area (Å²) in [6.07, 6.45) is 5.01. The zero-order chi connectivity index (χ0) is 7.61. The van der Waals surface area contributed by atoms with Crippen LogP contribution in [0.15, 0.2) is 12.3 Å². The van der Waals surface area contributed by atoms with E-state index >= 15 is 0 Å². The van der Waals surface area contributed by atoms with Gasteiger partial charge in [-0.2, -0.15) is 0 Å². The van der Waals surface area contributed by atoms with Crippen molar-refractivity contribution in [2.75, 3.05) is 0 Å². The molecule has 1 nitrogen and oxygen atoms in total. The predicted molar refractivity (Wildman–Crippen MR) is 42.8 cm³/mol. The highest BCUT2D eigenvalue weighted by atomic mass is 16.5. The third kappa shape index (κ3) is 1.76. The Labute approximate surface area is 63.1 Å². The van der Waals surface area contributed by atoms with Gasteiger partial charge in [0.2, 0.25) is 0 Å². The largest absolute Gasteiger partial charge is 0.493 e. The lowest BCUT2D eigenvalue weighted by Gasteiger charge is -2.25. The summed E-state index contributed by atoms with van der Waals surface area (Å²) in [5.41, 5.74) is 0.117. The minimum Gasteiger partial charge on any atom is -0.493 e. The molecule has 0 aliphatic heterocycles. The Hall–Kier alpha value is -0.460. The van der Waals surface area contributed by atoms with Crippen LogP contribution in [-0.4, -0.2) is 5.60 Å². The first kappa shape index (κ1) is 7.64. The first-order valence-corrected chi connectivity index (χ1v) is 3.97. The van der Waals surface area contributed by atoms with Gasteiger partial charge in [-0.15, -0.1) is 0 Å². The lowest BCUT2D eigenvalue weighted by Crippen LogP contribution is -2.22. The maximum atomic E-state index is 5.60. The van der Waals surface area contributed by atoms with Gasteiger partial charge in [-0.1, -0.05) is 6.58 Å². The van der Waals surface area contributed by atoms with Crippen LogP contribution < -0.4 is 0 Å². The molecule has 1 heteroatoms. The van der Waals surface area contributed by atoms with Crippen LogP contribution in [0.5, 0.6) is 0 Å². The summed E-state index contributed by atoms with van der Waals surface area (Å²) in [4.78, 5) is 0. The molecule has 0 amide bonds. The van der Waals surface area contributed by atoms with E-state index in [9.17, 15) is 0 Å². The zero-order valence-corrected chi connectivity index (χ0v) is 6.94. The number of allylic oxidation sites excluding steroid dienone is 1. The van der Waals surface area contributed by atoms with Crippen LogP contribution in [0.4, 0.5) is 0 Å². The first-order valence-electron chi connectivity index (χ1n) is 3.97. The van der Waals surface area contributed by atoms with Crippen molar-refractivity contribution in [3.05, 3.63) is 12.3 Å². The van der Waals surface area contributed by atoms with Gasteiger partial charge in [0, 0.05) is 0 Å². The van der Waals surface area contributed by atoms with Crippen molar-refractivity contribution in [3.63, 3.8) is 0 Å². The Morgan fingerprint density at radius 1 is 1.40 bits per heavy atom. The minimum absolute atomic E-state index is 0.117. The molecule has 0 heterocycles. The molecular formula is C9H16O. The molecule has 0 aromatic rings. The van der Waals surface area contributed by atoms with E-state index in [2.05, 4.69) is 13.5 Å². The molecule has 0 atom stereocenters. The van der Waals surface area contributed by atoms with Crippen molar-refractivity contribution in [2.24, 2.45) is 0 Å². The molecule has 0 bridgehead atoms. The van der Waals surface area contributed by atoms with Crippen LogP contribution >= 0.6 is 0 Å². The van der Waals surface area contributed by atoms with E-state index in [-0.39, 0.29) is 5.60 Å². The quantitative estimate of drug-likeness (QED) is 0.536. The van der Waals surface area contributed by atoms with Crippen molar-refractivity contribution in [3.8, 4) is 0 Å². The molecule has 58 valence electrons. The third-order valence-corrected chi connectivity index (χ3v) is 2.08. The highest BCUT2D eigenvalue weighted by Gasteiger charge is 2.29. The summed E-state index contributed by atoms with van der Waals surface area (Å²) < 4.78 is 5.60. The standard InChI is InChI=1S/C9H16O/c1-8(2)10-9(3)6-4-5-7-9/h1,4-7H2,2-3H3. The smallest absolute Gasteiger partial charge is 0.106 e. The lowest BCUT2D eigenvalue weighted by atomic mass is 10.1. The second-order valence-electron chi connectivity index (χ2n) is 3.46. The Balaban J connectivity index is 2.43. The normalized spacial score (nSPS) is 22.6. The molecule has 0 unspecified atom stereocenters. The highest BCUT2D eigenvalue weighted by Crippen LogP contribution is 2.33. The number of ether oxygens (including phenoxy) is 1. The summed E-state index contributed by atoms with van der Waals surface area (Å²) in [5.74, 6) is 0.851. The minimum atomic E-state index is 0.117. The molecule has 0 aromatic heterocycles. The Morgan fingerprint density at radius 3 is 2.30 bits per heavy atom. The van der Waals surface area contributed by atoms with Gasteiger partial charge >= 0.3 is 0 Å². The van der Waals surface area contributed by atoms with E-state index in [4.69, 9.17) is 4.74 Å². The summed E-state index contributed by atoms with van der Waals surface area (Å²) >= 11 is 0. The summed E-state index contributed by atoms with van der Waals surface area (Å²) in [7, 11) is 0. The van der Waals surface area contributed by atoms with Gasteiger partial charge in [-0.25, -0.2) is 0 Å². The number of rotatable bonds is 2. The monoisotopic (exact) mass is 140 g/mol.